The number of hydrogen-bond donors (Lipinski definition) is 0. The number of hydrogen-bond acceptors (Lipinski definition) is 2. The van der Waals surface area contributed by atoms with Gasteiger partial charge >= 0.3 is 5.97 Å². The molecule has 2 nitrogen and oxygen atoms in total. The Morgan fingerprint density at radius 2 is 2.23 bits per heavy atom. The topological polar surface area (TPSA) is 26.3 Å². The molecule has 0 saturated heterocycles. The highest BCUT2D eigenvalue weighted by Gasteiger charge is 2.32. The molecule has 0 bridgehead atoms. The van der Waals surface area contributed by atoms with Crippen molar-refractivity contribution in [2.45, 2.75) is 37.0 Å². The second-order valence-corrected chi connectivity index (χ2v) is 5.51. The third-order valence-corrected chi connectivity index (χ3v) is 3.85. The second-order valence-electron chi connectivity index (χ2n) is 3.75. The number of esters is 1. The van der Waals surface area contributed by atoms with E-state index in [4.69, 9.17) is 4.74 Å². The summed E-state index contributed by atoms with van der Waals surface area (Å²) in [7, 11) is 0. The van der Waals surface area contributed by atoms with E-state index < -0.39 is 0 Å². The Morgan fingerprint density at radius 3 is 2.85 bits per heavy atom. The van der Waals surface area contributed by atoms with Crippen LogP contribution >= 0.6 is 22.6 Å². The van der Waals surface area contributed by atoms with Gasteiger partial charge in [-0.05, 0) is 32.1 Å². The van der Waals surface area contributed by atoms with Crippen molar-refractivity contribution < 1.29 is 9.53 Å². The maximum absolute atomic E-state index is 11.5. The zero-order valence-corrected chi connectivity index (χ0v) is 10.4. The number of carbonyl (C=O) groups is 1. The van der Waals surface area contributed by atoms with Gasteiger partial charge in [0.2, 0.25) is 0 Å². The Balaban J connectivity index is 2.50. The van der Waals surface area contributed by atoms with Crippen molar-refractivity contribution in [1.29, 1.82) is 0 Å². The highest BCUT2D eigenvalue weighted by molar-refractivity contribution is 14.1. The molecule has 1 rings (SSSR count). The molecule has 0 aromatic rings. The van der Waals surface area contributed by atoms with Crippen LogP contribution in [0.3, 0.4) is 0 Å². The van der Waals surface area contributed by atoms with E-state index in [1.54, 1.807) is 0 Å². The van der Waals surface area contributed by atoms with E-state index in [-0.39, 0.29) is 11.9 Å². The van der Waals surface area contributed by atoms with E-state index in [0.717, 1.165) is 12.8 Å². The van der Waals surface area contributed by atoms with Gasteiger partial charge in [0.05, 0.1) is 12.5 Å². The molecular weight excluding hydrogens is 279 g/mol. The maximum atomic E-state index is 11.5. The lowest BCUT2D eigenvalue weighted by Crippen LogP contribution is -2.31. The summed E-state index contributed by atoms with van der Waals surface area (Å²) in [5.74, 6) is 0.664. The number of halogens is 1. The Bertz CT molecular complexity index is 182. The quantitative estimate of drug-likeness (QED) is 0.445. The van der Waals surface area contributed by atoms with Crippen LogP contribution in [0.1, 0.15) is 33.1 Å². The fourth-order valence-electron chi connectivity index (χ4n) is 1.85. The van der Waals surface area contributed by atoms with Gasteiger partial charge in [-0.2, -0.15) is 0 Å². The molecule has 13 heavy (non-hydrogen) atoms. The summed E-state index contributed by atoms with van der Waals surface area (Å²) >= 11 is 2.44. The Morgan fingerprint density at radius 1 is 1.54 bits per heavy atom. The van der Waals surface area contributed by atoms with E-state index in [1.807, 2.05) is 6.92 Å². The molecule has 0 aromatic carbocycles. The van der Waals surface area contributed by atoms with Crippen LogP contribution in [0.15, 0.2) is 0 Å². The van der Waals surface area contributed by atoms with Crippen LogP contribution in [0, 0.1) is 11.8 Å². The molecule has 0 heterocycles. The molecule has 0 aromatic heterocycles. The fraction of sp³-hybridized carbons (Fsp3) is 0.900. The summed E-state index contributed by atoms with van der Waals surface area (Å²) in [5.41, 5.74) is 0. The molecule has 0 aliphatic heterocycles. The van der Waals surface area contributed by atoms with E-state index in [2.05, 4.69) is 29.5 Å². The molecule has 0 amide bonds. The SMILES string of the molecule is CCOC(=O)[C@@H]1C[C@@H](I)CC[C@@H]1C. The van der Waals surface area contributed by atoms with Gasteiger partial charge in [-0.3, -0.25) is 4.79 Å². The highest BCUT2D eigenvalue weighted by Crippen LogP contribution is 2.34. The van der Waals surface area contributed by atoms with Crippen LogP contribution < -0.4 is 0 Å². The fourth-order valence-corrected chi connectivity index (χ4v) is 2.76. The van der Waals surface area contributed by atoms with Crippen molar-refractivity contribution in [2.24, 2.45) is 11.8 Å². The predicted octanol–water partition coefficient (Wildman–Crippen LogP) is 2.79. The van der Waals surface area contributed by atoms with Crippen LogP contribution in [0.25, 0.3) is 0 Å². The Labute approximate surface area is 93.6 Å². The zero-order chi connectivity index (χ0) is 9.84. The molecule has 1 fully saturated rings. The normalized spacial score (nSPS) is 34.2. The number of carbonyl (C=O) groups excluding carboxylic acids is 1. The number of rotatable bonds is 2. The van der Waals surface area contributed by atoms with Crippen LogP contribution in [-0.2, 0) is 9.53 Å². The van der Waals surface area contributed by atoms with Crippen LogP contribution in [0.2, 0.25) is 0 Å². The lowest BCUT2D eigenvalue weighted by molar-refractivity contribution is -0.150. The van der Waals surface area contributed by atoms with Gasteiger partial charge < -0.3 is 4.74 Å². The van der Waals surface area contributed by atoms with Crippen LogP contribution in [0.4, 0.5) is 0 Å². The molecule has 1 saturated carbocycles. The Hall–Kier alpha value is 0.200. The van der Waals surface area contributed by atoms with Gasteiger partial charge in [0.25, 0.3) is 0 Å². The smallest absolute Gasteiger partial charge is 0.309 e. The lowest BCUT2D eigenvalue weighted by Gasteiger charge is -2.29. The third-order valence-electron chi connectivity index (χ3n) is 2.72. The highest BCUT2D eigenvalue weighted by atomic mass is 127. The number of alkyl halides is 1. The minimum Gasteiger partial charge on any atom is -0.466 e. The zero-order valence-electron chi connectivity index (χ0n) is 8.25. The van der Waals surface area contributed by atoms with Gasteiger partial charge in [0, 0.05) is 3.92 Å². The van der Waals surface area contributed by atoms with Gasteiger partial charge in [-0.15, -0.1) is 0 Å². The second kappa shape index (κ2) is 5.17. The van der Waals surface area contributed by atoms with Crippen LogP contribution in [0.5, 0.6) is 0 Å². The summed E-state index contributed by atoms with van der Waals surface area (Å²) in [6, 6.07) is 0. The molecule has 0 spiro atoms. The minimum atomic E-state index is 0.0105. The summed E-state index contributed by atoms with van der Waals surface area (Å²) in [4.78, 5) is 11.5. The van der Waals surface area contributed by atoms with Crippen molar-refractivity contribution in [1.82, 2.24) is 0 Å². The van der Waals surface area contributed by atoms with Gasteiger partial charge in [-0.25, -0.2) is 0 Å². The first-order valence-electron chi connectivity index (χ1n) is 4.95. The summed E-state index contributed by atoms with van der Waals surface area (Å²) < 4.78 is 5.71. The predicted molar refractivity (Wildman–Crippen MR) is 60.9 cm³/mol. The summed E-state index contributed by atoms with van der Waals surface area (Å²) in [6.45, 7) is 4.53. The maximum Gasteiger partial charge on any atom is 0.309 e. The van der Waals surface area contributed by atoms with Crippen molar-refractivity contribution in [3.8, 4) is 0 Å². The van der Waals surface area contributed by atoms with Gasteiger partial charge in [0.15, 0.2) is 0 Å². The molecule has 76 valence electrons. The Kier molecular flexibility index (Phi) is 4.49. The number of ether oxygens (including phenoxy) is 1. The van der Waals surface area contributed by atoms with Crippen molar-refractivity contribution >= 4 is 28.6 Å². The molecule has 1 aliphatic rings. The standard InChI is InChI=1S/C10H17IO2/c1-3-13-10(12)9-6-8(11)5-4-7(9)2/h7-9H,3-6H2,1-2H3/t7-,8-,9+/m0/s1. The van der Waals surface area contributed by atoms with Gasteiger partial charge in [0.1, 0.15) is 0 Å². The molecule has 3 atom stereocenters. The molecule has 0 unspecified atom stereocenters. The van der Waals surface area contributed by atoms with Crippen LogP contribution in [-0.4, -0.2) is 16.5 Å². The van der Waals surface area contributed by atoms with E-state index in [9.17, 15) is 4.79 Å². The summed E-state index contributed by atoms with van der Waals surface area (Å²) in [5, 5.41) is 0. The van der Waals surface area contributed by atoms with Crippen molar-refractivity contribution in [3.05, 3.63) is 0 Å². The molecule has 0 N–H and O–H groups in total. The first-order valence-corrected chi connectivity index (χ1v) is 6.20. The van der Waals surface area contributed by atoms with Crippen molar-refractivity contribution in [3.63, 3.8) is 0 Å². The molecular formula is C10H17IO2. The monoisotopic (exact) mass is 296 g/mol. The molecule has 3 heteroatoms. The minimum absolute atomic E-state index is 0.0105. The first kappa shape index (κ1) is 11.3. The average Bonchev–Trinajstić information content (AvgIpc) is 2.09. The first-order chi connectivity index (χ1) is 6.15. The largest absolute Gasteiger partial charge is 0.466 e. The van der Waals surface area contributed by atoms with Gasteiger partial charge in [-0.1, -0.05) is 29.5 Å². The van der Waals surface area contributed by atoms with Crippen molar-refractivity contribution in [2.75, 3.05) is 6.61 Å². The molecule has 0 radical (unpaired) electrons. The molecule has 1 aliphatic carbocycles. The third kappa shape index (κ3) is 3.11. The summed E-state index contributed by atoms with van der Waals surface area (Å²) in [6.07, 6.45) is 3.41. The van der Waals surface area contributed by atoms with E-state index in [0.29, 0.717) is 16.4 Å². The van der Waals surface area contributed by atoms with E-state index >= 15 is 0 Å². The van der Waals surface area contributed by atoms with E-state index in [1.165, 1.54) is 6.42 Å². The lowest BCUT2D eigenvalue weighted by atomic mass is 9.80. The average molecular weight is 296 g/mol.